The summed E-state index contributed by atoms with van der Waals surface area (Å²) in [7, 11) is -2.35. The van der Waals surface area contributed by atoms with Gasteiger partial charge in [-0.25, -0.2) is 8.42 Å². The number of sulfonamides is 1. The van der Waals surface area contributed by atoms with Crippen molar-refractivity contribution in [3.8, 4) is 11.5 Å². The average Bonchev–Trinajstić information content (AvgIpc) is 3.21. The maximum absolute atomic E-state index is 12.9. The Hall–Kier alpha value is -2.39. The minimum Gasteiger partial charge on any atom is -0.496 e. The number of halogens is 2. The molecule has 0 amide bonds. The van der Waals surface area contributed by atoms with Crippen molar-refractivity contribution in [1.29, 1.82) is 0 Å². The summed E-state index contributed by atoms with van der Waals surface area (Å²) in [5, 5.41) is 3.34. The number of nitrogens with one attached hydrogen (secondary N) is 2. The third-order valence-electron chi connectivity index (χ3n) is 5.39. The highest BCUT2D eigenvalue weighted by molar-refractivity contribution is 7.92. The van der Waals surface area contributed by atoms with Gasteiger partial charge in [-0.3, -0.25) is 4.72 Å². The fourth-order valence-corrected chi connectivity index (χ4v) is 5.03. The lowest BCUT2D eigenvalue weighted by atomic mass is 9.94. The smallest absolute Gasteiger partial charge is 0.387 e. The van der Waals surface area contributed by atoms with Gasteiger partial charge in [0.05, 0.1) is 17.7 Å². The highest BCUT2D eigenvalue weighted by Crippen LogP contribution is 2.58. The fraction of sp³-hybridized carbons (Fsp3) is 0.368. The van der Waals surface area contributed by atoms with Crippen molar-refractivity contribution in [1.82, 2.24) is 5.32 Å². The lowest BCUT2D eigenvalue weighted by molar-refractivity contribution is -0.0497. The van der Waals surface area contributed by atoms with Crippen molar-refractivity contribution in [2.45, 2.75) is 23.3 Å². The first-order valence-corrected chi connectivity index (χ1v) is 10.3. The maximum atomic E-state index is 12.9. The zero-order chi connectivity index (χ0) is 19.9. The summed E-state index contributed by atoms with van der Waals surface area (Å²) < 4.78 is 62.7. The summed E-state index contributed by atoms with van der Waals surface area (Å²) in [6.45, 7) is -1.28. The molecular formula is C19H20F2N2O4S. The van der Waals surface area contributed by atoms with E-state index >= 15 is 0 Å². The van der Waals surface area contributed by atoms with Crippen molar-refractivity contribution >= 4 is 15.7 Å². The number of hydrogen-bond donors (Lipinski definition) is 2. The first kappa shape index (κ1) is 18.9. The largest absolute Gasteiger partial charge is 0.496 e. The first-order valence-electron chi connectivity index (χ1n) is 8.81. The number of benzene rings is 2. The Morgan fingerprint density at radius 3 is 2.71 bits per heavy atom. The summed E-state index contributed by atoms with van der Waals surface area (Å²) in [5.41, 5.74) is 0.935. The van der Waals surface area contributed by atoms with Crippen LogP contribution in [-0.2, 0) is 15.4 Å². The molecule has 2 unspecified atom stereocenters. The highest BCUT2D eigenvalue weighted by Gasteiger charge is 2.59. The van der Waals surface area contributed by atoms with Gasteiger partial charge in [-0.15, -0.1) is 0 Å². The number of ether oxygens (including phenoxy) is 2. The summed E-state index contributed by atoms with van der Waals surface area (Å²) in [6.07, 6.45) is 1.00. The summed E-state index contributed by atoms with van der Waals surface area (Å²) in [5.74, 6) is 1.02. The zero-order valence-corrected chi connectivity index (χ0v) is 15.9. The minimum absolute atomic E-state index is 0.0815. The van der Waals surface area contributed by atoms with E-state index in [1.54, 1.807) is 19.2 Å². The Labute approximate surface area is 161 Å². The van der Waals surface area contributed by atoms with Gasteiger partial charge >= 0.3 is 6.61 Å². The second-order valence-corrected chi connectivity index (χ2v) is 8.74. The third-order valence-corrected chi connectivity index (χ3v) is 6.77. The molecule has 0 bridgehead atoms. The number of fused-ring (bicyclic) bond motifs is 1. The molecule has 9 heteroatoms. The Bertz CT molecular complexity index is 999. The van der Waals surface area contributed by atoms with Crippen LogP contribution < -0.4 is 19.5 Å². The van der Waals surface area contributed by atoms with Crippen LogP contribution in [0.4, 0.5) is 14.5 Å². The maximum Gasteiger partial charge on any atom is 0.387 e. The normalized spacial score (nSPS) is 23.4. The molecule has 0 spiro atoms. The molecule has 2 fully saturated rings. The molecule has 1 aliphatic carbocycles. The molecule has 28 heavy (non-hydrogen) atoms. The van der Waals surface area contributed by atoms with Gasteiger partial charge in [0.15, 0.2) is 0 Å². The van der Waals surface area contributed by atoms with Gasteiger partial charge in [0, 0.05) is 23.6 Å². The van der Waals surface area contributed by atoms with Crippen LogP contribution in [-0.4, -0.2) is 35.2 Å². The molecule has 1 aliphatic heterocycles. The standard InChI is InChI=1S/C19H20F2N2O4S/c1-26-17-6-5-15(8-16(17)19-9-12(19)10-22-11-19)28(24,25)23-13-3-2-4-14(7-13)27-18(20)21/h2-8,12,18,22-23H,9-11H2,1H3. The van der Waals surface area contributed by atoms with Crippen LogP contribution in [0.1, 0.15) is 12.0 Å². The predicted octanol–water partition coefficient (Wildman–Crippen LogP) is 2.96. The van der Waals surface area contributed by atoms with Gasteiger partial charge < -0.3 is 14.8 Å². The van der Waals surface area contributed by atoms with Crippen LogP contribution in [0.5, 0.6) is 11.5 Å². The van der Waals surface area contributed by atoms with E-state index < -0.39 is 16.6 Å². The van der Waals surface area contributed by atoms with Gasteiger partial charge in [-0.1, -0.05) is 6.07 Å². The molecule has 1 saturated heterocycles. The second-order valence-electron chi connectivity index (χ2n) is 7.06. The topological polar surface area (TPSA) is 76.7 Å². The van der Waals surface area contributed by atoms with E-state index in [9.17, 15) is 17.2 Å². The molecule has 0 aromatic heterocycles. The highest BCUT2D eigenvalue weighted by atomic mass is 32.2. The summed E-state index contributed by atoms with van der Waals surface area (Å²) in [4.78, 5) is 0.0930. The molecule has 4 rings (SSSR count). The number of anilines is 1. The van der Waals surface area contributed by atoms with Crippen molar-refractivity contribution in [2.75, 3.05) is 24.9 Å². The van der Waals surface area contributed by atoms with E-state index in [4.69, 9.17) is 4.74 Å². The molecule has 2 atom stereocenters. The van der Waals surface area contributed by atoms with E-state index in [1.165, 1.54) is 30.3 Å². The fourth-order valence-electron chi connectivity index (χ4n) is 3.95. The number of rotatable bonds is 7. The van der Waals surface area contributed by atoms with Crippen LogP contribution in [0.2, 0.25) is 0 Å². The van der Waals surface area contributed by atoms with Crippen LogP contribution >= 0.6 is 0 Å². The molecule has 6 nitrogen and oxygen atoms in total. The molecule has 2 N–H and O–H groups in total. The van der Waals surface area contributed by atoms with E-state index in [0.29, 0.717) is 11.7 Å². The molecule has 0 radical (unpaired) electrons. The quantitative estimate of drug-likeness (QED) is 0.734. The summed E-state index contributed by atoms with van der Waals surface area (Å²) >= 11 is 0. The average molecular weight is 410 g/mol. The van der Waals surface area contributed by atoms with Gasteiger partial charge in [-0.05, 0) is 49.2 Å². The number of alkyl halides is 2. The van der Waals surface area contributed by atoms with Gasteiger partial charge in [-0.2, -0.15) is 8.78 Å². The van der Waals surface area contributed by atoms with Gasteiger partial charge in [0.1, 0.15) is 11.5 Å². The molecule has 2 aromatic carbocycles. The first-order chi connectivity index (χ1) is 13.3. The van der Waals surface area contributed by atoms with Crippen LogP contribution in [0.3, 0.4) is 0 Å². The number of piperidine rings is 1. The molecule has 1 heterocycles. The molecule has 2 aliphatic rings. The van der Waals surface area contributed by atoms with Crippen molar-refractivity contribution in [3.63, 3.8) is 0 Å². The van der Waals surface area contributed by atoms with Crippen molar-refractivity contribution in [2.24, 2.45) is 5.92 Å². The van der Waals surface area contributed by atoms with E-state index in [0.717, 1.165) is 25.1 Å². The van der Waals surface area contributed by atoms with Crippen molar-refractivity contribution in [3.05, 3.63) is 48.0 Å². The zero-order valence-electron chi connectivity index (χ0n) is 15.1. The Balaban J connectivity index is 1.63. The van der Waals surface area contributed by atoms with Gasteiger partial charge in [0.25, 0.3) is 10.0 Å². The molecule has 150 valence electrons. The second kappa shape index (κ2) is 6.89. The van der Waals surface area contributed by atoms with Crippen LogP contribution in [0.15, 0.2) is 47.4 Å². The van der Waals surface area contributed by atoms with E-state index in [2.05, 4.69) is 14.8 Å². The SMILES string of the molecule is COc1ccc(S(=O)(=O)Nc2cccc(OC(F)F)c2)cc1C12CNCC1C2. The molecule has 2 aromatic rings. The summed E-state index contributed by atoms with van der Waals surface area (Å²) in [6, 6.07) is 10.2. The van der Waals surface area contributed by atoms with Crippen LogP contribution in [0, 0.1) is 5.92 Å². The Morgan fingerprint density at radius 2 is 2.07 bits per heavy atom. The number of methoxy groups -OCH3 is 1. The molecule has 1 saturated carbocycles. The Morgan fingerprint density at radius 1 is 1.25 bits per heavy atom. The lowest BCUT2D eigenvalue weighted by Gasteiger charge is -2.18. The predicted molar refractivity (Wildman–Crippen MR) is 99.5 cm³/mol. The van der Waals surface area contributed by atoms with E-state index in [-0.39, 0.29) is 21.7 Å². The third kappa shape index (κ3) is 3.40. The molecular weight excluding hydrogens is 390 g/mol. The number of hydrogen-bond acceptors (Lipinski definition) is 5. The Kier molecular flexibility index (Phi) is 4.67. The van der Waals surface area contributed by atoms with Gasteiger partial charge in [0.2, 0.25) is 0 Å². The monoisotopic (exact) mass is 410 g/mol. The lowest BCUT2D eigenvalue weighted by Crippen LogP contribution is -2.21. The van der Waals surface area contributed by atoms with Crippen molar-refractivity contribution < 1.29 is 26.7 Å². The van der Waals surface area contributed by atoms with E-state index in [1.807, 2.05) is 0 Å². The minimum atomic E-state index is -3.91. The van der Waals surface area contributed by atoms with Crippen LogP contribution in [0.25, 0.3) is 0 Å².